The lowest BCUT2D eigenvalue weighted by Crippen LogP contribution is -2.33. The zero-order chi connectivity index (χ0) is 26.4. The molecule has 190 valence electrons. The highest BCUT2D eigenvalue weighted by Gasteiger charge is 2.66. The zero-order valence-corrected chi connectivity index (χ0v) is 20.3. The van der Waals surface area contributed by atoms with E-state index in [9.17, 15) is 25.4 Å². The topological polar surface area (TPSA) is 147 Å². The van der Waals surface area contributed by atoms with Gasteiger partial charge in [0.05, 0.1) is 41.1 Å². The van der Waals surface area contributed by atoms with E-state index in [0.29, 0.717) is 38.5 Å². The molecule has 2 aliphatic rings. The first kappa shape index (κ1) is 22.6. The largest absolute Gasteiger partial charge is 0.494 e. The van der Waals surface area contributed by atoms with Gasteiger partial charge in [-0.25, -0.2) is 4.98 Å². The summed E-state index contributed by atoms with van der Waals surface area (Å²) < 4.78 is 14.5. The van der Waals surface area contributed by atoms with Crippen LogP contribution in [0.25, 0.3) is 27.6 Å². The molecular formula is C28H22N4O6. The maximum atomic E-state index is 12.8. The molecule has 2 aliphatic heterocycles. The van der Waals surface area contributed by atoms with Crippen LogP contribution >= 0.6 is 0 Å². The van der Waals surface area contributed by atoms with Crippen molar-refractivity contribution < 1.29 is 24.6 Å². The molecule has 1 fully saturated rings. The number of rotatable bonds is 4. The van der Waals surface area contributed by atoms with Crippen molar-refractivity contribution in [1.29, 1.82) is 5.26 Å². The summed E-state index contributed by atoms with van der Waals surface area (Å²) in [6.45, 7) is 1.78. The Balaban J connectivity index is 1.38. The Morgan fingerprint density at radius 2 is 1.82 bits per heavy atom. The van der Waals surface area contributed by atoms with Crippen LogP contribution < -0.4 is 5.56 Å². The van der Waals surface area contributed by atoms with Gasteiger partial charge in [0.25, 0.3) is 11.3 Å². The number of aliphatic hydroxyl groups excluding tert-OH is 1. The van der Waals surface area contributed by atoms with Crippen molar-refractivity contribution in [3.8, 4) is 23.5 Å². The number of aliphatic hydroxyl groups is 1. The molecule has 2 aromatic carbocycles. The molecule has 2 bridgehead atoms. The fourth-order valence-electron chi connectivity index (χ4n) is 6.26. The summed E-state index contributed by atoms with van der Waals surface area (Å²) in [5.41, 5.74) is -0.932. The molecular weight excluding hydrogens is 488 g/mol. The molecule has 0 spiro atoms. The molecule has 5 aromatic rings. The number of aromatic hydroxyl groups is 2. The van der Waals surface area contributed by atoms with Crippen LogP contribution in [0.15, 0.2) is 64.0 Å². The van der Waals surface area contributed by atoms with E-state index in [4.69, 9.17) is 9.26 Å². The molecule has 7 rings (SSSR count). The minimum absolute atomic E-state index is 0.0998. The molecule has 0 saturated carbocycles. The first-order valence-electron chi connectivity index (χ1n) is 12.2. The van der Waals surface area contributed by atoms with E-state index in [-0.39, 0.29) is 42.4 Å². The highest BCUT2D eigenvalue weighted by molar-refractivity contribution is 5.95. The number of pyridine rings is 1. The van der Waals surface area contributed by atoms with E-state index in [1.54, 1.807) is 31.2 Å². The van der Waals surface area contributed by atoms with Crippen molar-refractivity contribution in [3.63, 3.8) is 0 Å². The van der Waals surface area contributed by atoms with Crippen molar-refractivity contribution in [2.24, 2.45) is 0 Å². The van der Waals surface area contributed by atoms with Gasteiger partial charge in [-0.05, 0) is 31.2 Å². The number of benzene rings is 2. The predicted molar refractivity (Wildman–Crippen MR) is 135 cm³/mol. The molecule has 38 heavy (non-hydrogen) atoms. The standard InChI is InChI=1S/C28H22N4O6/c1-27-20(33)13-28(38-27,10-12-31-24(34)18-7-4-11-30-23(18)37-31)22-21(27)25(35)32(26(22)36)19-9-8-15(14-29)16-5-2-3-6-17(16)19/h2-9,11,20,33,35-36H,10,12-13H2,1H3/t20-,27-,28+/m0/s1. The van der Waals surface area contributed by atoms with E-state index < -0.39 is 17.3 Å². The number of nitriles is 1. The molecule has 0 radical (unpaired) electrons. The van der Waals surface area contributed by atoms with Crippen LogP contribution in [-0.4, -0.2) is 35.7 Å². The molecule has 1 saturated heterocycles. The normalized spacial score (nSPS) is 23.8. The molecule has 0 amide bonds. The molecule has 3 aromatic heterocycles. The first-order valence-corrected chi connectivity index (χ1v) is 12.2. The minimum Gasteiger partial charge on any atom is -0.494 e. The third-order valence-corrected chi connectivity index (χ3v) is 8.05. The quantitative estimate of drug-likeness (QED) is 0.333. The van der Waals surface area contributed by atoms with E-state index in [0.717, 1.165) is 0 Å². The van der Waals surface area contributed by atoms with Crippen molar-refractivity contribution in [2.75, 3.05) is 0 Å². The van der Waals surface area contributed by atoms with E-state index >= 15 is 0 Å². The summed E-state index contributed by atoms with van der Waals surface area (Å²) in [6.07, 6.45) is 0.935. The predicted octanol–water partition coefficient (Wildman–Crippen LogP) is 3.51. The van der Waals surface area contributed by atoms with Crippen molar-refractivity contribution in [3.05, 3.63) is 81.8 Å². The lowest BCUT2D eigenvalue weighted by atomic mass is 9.76. The lowest BCUT2D eigenvalue weighted by molar-refractivity contribution is -0.107. The maximum Gasteiger partial charge on any atom is 0.292 e. The van der Waals surface area contributed by atoms with Gasteiger partial charge >= 0.3 is 0 Å². The second-order valence-electron chi connectivity index (χ2n) is 10.1. The highest BCUT2D eigenvalue weighted by atomic mass is 16.6. The summed E-state index contributed by atoms with van der Waals surface area (Å²) in [4.78, 5) is 16.9. The average Bonchev–Trinajstić information content (AvgIpc) is 3.57. The number of hydrogen-bond donors (Lipinski definition) is 3. The number of fused-ring (bicyclic) bond motifs is 7. The summed E-state index contributed by atoms with van der Waals surface area (Å²) in [5, 5.41) is 45.4. The van der Waals surface area contributed by atoms with E-state index in [1.165, 1.54) is 15.5 Å². The average molecular weight is 511 g/mol. The second kappa shape index (κ2) is 7.47. The smallest absolute Gasteiger partial charge is 0.292 e. The van der Waals surface area contributed by atoms with Crippen LogP contribution in [0.2, 0.25) is 0 Å². The second-order valence-corrected chi connectivity index (χ2v) is 10.1. The van der Waals surface area contributed by atoms with Gasteiger partial charge < -0.3 is 24.6 Å². The molecule has 0 aliphatic carbocycles. The van der Waals surface area contributed by atoms with Gasteiger partial charge in [0, 0.05) is 29.8 Å². The van der Waals surface area contributed by atoms with Crippen LogP contribution in [0.4, 0.5) is 0 Å². The summed E-state index contributed by atoms with van der Waals surface area (Å²) in [7, 11) is 0. The molecule has 3 atom stereocenters. The Hall–Kier alpha value is -4.59. The fourth-order valence-corrected chi connectivity index (χ4v) is 6.26. The number of nitrogens with zero attached hydrogens (tertiary/aromatic N) is 4. The Morgan fingerprint density at radius 3 is 2.58 bits per heavy atom. The van der Waals surface area contributed by atoms with Crippen LogP contribution in [0, 0.1) is 11.3 Å². The summed E-state index contributed by atoms with van der Waals surface area (Å²) in [6, 6.07) is 16.0. The third kappa shape index (κ3) is 2.72. The van der Waals surface area contributed by atoms with Crippen molar-refractivity contribution in [2.45, 2.75) is 43.6 Å². The lowest BCUT2D eigenvalue weighted by Gasteiger charge is -2.26. The first-order chi connectivity index (χ1) is 18.3. The molecule has 10 nitrogen and oxygen atoms in total. The number of aryl methyl sites for hydroxylation is 1. The van der Waals surface area contributed by atoms with Crippen molar-refractivity contribution in [1.82, 2.24) is 14.3 Å². The highest BCUT2D eigenvalue weighted by Crippen LogP contribution is 2.65. The molecule has 3 N–H and O–H groups in total. The van der Waals surface area contributed by atoms with Gasteiger partial charge in [-0.15, -0.1) is 0 Å². The fraction of sp³-hybridized carbons (Fsp3) is 0.250. The van der Waals surface area contributed by atoms with Crippen LogP contribution in [-0.2, 0) is 22.5 Å². The van der Waals surface area contributed by atoms with Crippen LogP contribution in [0.5, 0.6) is 11.8 Å². The van der Waals surface area contributed by atoms with E-state index in [1.807, 2.05) is 24.3 Å². The number of ether oxygens (including phenoxy) is 1. The Bertz CT molecular complexity index is 1900. The third-order valence-electron chi connectivity index (χ3n) is 8.05. The van der Waals surface area contributed by atoms with E-state index in [2.05, 4.69) is 11.1 Å². The summed E-state index contributed by atoms with van der Waals surface area (Å²) >= 11 is 0. The molecule has 0 unspecified atom stereocenters. The maximum absolute atomic E-state index is 12.8. The Kier molecular flexibility index (Phi) is 4.44. The monoisotopic (exact) mass is 510 g/mol. The van der Waals surface area contributed by atoms with Gasteiger partial charge in [0.2, 0.25) is 11.8 Å². The minimum atomic E-state index is -1.27. The Labute approximate surface area is 215 Å². The molecule has 10 heteroatoms. The van der Waals surface area contributed by atoms with Crippen LogP contribution in [0.1, 0.15) is 36.5 Å². The summed E-state index contributed by atoms with van der Waals surface area (Å²) in [5.74, 6) is -0.470. The van der Waals surface area contributed by atoms with Gasteiger partial charge in [-0.1, -0.05) is 24.3 Å². The van der Waals surface area contributed by atoms with Gasteiger partial charge in [-0.3, -0.25) is 9.36 Å². The van der Waals surface area contributed by atoms with Crippen LogP contribution in [0.3, 0.4) is 0 Å². The molecule has 5 heterocycles. The zero-order valence-electron chi connectivity index (χ0n) is 20.3. The van der Waals surface area contributed by atoms with Crippen molar-refractivity contribution >= 4 is 21.9 Å². The Morgan fingerprint density at radius 1 is 1.08 bits per heavy atom. The number of aromatic nitrogens is 3. The van der Waals surface area contributed by atoms with Gasteiger partial charge in [-0.2, -0.15) is 10.0 Å². The van der Waals surface area contributed by atoms with Gasteiger partial charge in [0.15, 0.2) is 0 Å². The SMILES string of the molecule is C[C@]12O[C@](CCn3oc4ncccc4c3=O)(C[C@@H]1O)c1c2c(O)n(-c2ccc(C#N)c3ccccc23)c1O. The van der Waals surface area contributed by atoms with Gasteiger partial charge in [0.1, 0.15) is 16.6 Å². The number of hydrogen-bond acceptors (Lipinski definition) is 8.